The van der Waals surface area contributed by atoms with Crippen molar-refractivity contribution in [2.24, 2.45) is 0 Å². The number of nitrogens with one attached hydrogen (secondary N) is 1. The molecule has 1 amide bonds. The highest BCUT2D eigenvalue weighted by Crippen LogP contribution is 2.35. The highest BCUT2D eigenvalue weighted by atomic mass is 35.5. The number of carbonyl (C=O) groups excluding carboxylic acids is 1. The largest absolute Gasteiger partial charge is 0.495 e. The van der Waals surface area contributed by atoms with Gasteiger partial charge in [0.25, 0.3) is 10.0 Å². The summed E-state index contributed by atoms with van der Waals surface area (Å²) in [5.74, 6) is 0.577. The van der Waals surface area contributed by atoms with E-state index in [4.69, 9.17) is 16.3 Å². The molecule has 0 saturated heterocycles. The van der Waals surface area contributed by atoms with Crippen molar-refractivity contribution in [2.45, 2.75) is 29.5 Å². The van der Waals surface area contributed by atoms with Crippen LogP contribution in [-0.4, -0.2) is 43.9 Å². The Balaban J connectivity index is 1.94. The van der Waals surface area contributed by atoms with Crippen LogP contribution in [0.5, 0.6) is 5.75 Å². The third kappa shape index (κ3) is 6.38. The van der Waals surface area contributed by atoms with Crippen LogP contribution < -0.4 is 14.4 Å². The quantitative estimate of drug-likeness (QED) is 0.298. The van der Waals surface area contributed by atoms with E-state index in [0.717, 1.165) is 26.4 Å². The van der Waals surface area contributed by atoms with Gasteiger partial charge < -0.3 is 4.74 Å². The molecule has 0 aliphatic carbocycles. The summed E-state index contributed by atoms with van der Waals surface area (Å²) < 4.78 is 34.2. The number of rotatable bonds is 10. The molecule has 0 saturated carbocycles. The van der Waals surface area contributed by atoms with Gasteiger partial charge in [0.1, 0.15) is 12.3 Å². The van der Waals surface area contributed by atoms with Gasteiger partial charge in [-0.3, -0.25) is 14.4 Å². The maximum atomic E-state index is 13.6. The first kappa shape index (κ1) is 25.3. The van der Waals surface area contributed by atoms with Crippen LogP contribution in [0.25, 0.3) is 0 Å². The Kier molecular flexibility index (Phi) is 8.57. The van der Waals surface area contributed by atoms with Crippen molar-refractivity contribution in [3.63, 3.8) is 0 Å². The highest BCUT2D eigenvalue weighted by Gasteiger charge is 2.30. The van der Waals surface area contributed by atoms with Crippen molar-refractivity contribution in [3.05, 3.63) is 53.1 Å². The van der Waals surface area contributed by atoms with Gasteiger partial charge in [-0.2, -0.15) is 0 Å². The summed E-state index contributed by atoms with van der Waals surface area (Å²) in [5.41, 5.74) is 1.06. The Morgan fingerprint density at radius 1 is 1.21 bits per heavy atom. The molecule has 0 aliphatic heterocycles. The van der Waals surface area contributed by atoms with E-state index in [-0.39, 0.29) is 16.3 Å². The number of sulfonamides is 1. The zero-order valence-electron chi connectivity index (χ0n) is 18.2. The van der Waals surface area contributed by atoms with Crippen LogP contribution in [0.2, 0.25) is 5.02 Å². The third-order valence-electron chi connectivity index (χ3n) is 4.39. The van der Waals surface area contributed by atoms with Crippen molar-refractivity contribution < 1.29 is 17.9 Å². The number of ether oxygens (including phenoxy) is 1. The van der Waals surface area contributed by atoms with Crippen LogP contribution in [0.1, 0.15) is 18.9 Å². The second-order valence-corrected chi connectivity index (χ2v) is 11.5. The summed E-state index contributed by atoms with van der Waals surface area (Å²) >= 11 is 8.93. The van der Waals surface area contributed by atoms with Gasteiger partial charge in [-0.05, 0) is 43.7 Å². The molecule has 3 rings (SSSR count). The van der Waals surface area contributed by atoms with Crippen LogP contribution >= 0.6 is 34.7 Å². The number of carbonyl (C=O) groups is 1. The number of aromatic nitrogens is 2. The van der Waals surface area contributed by atoms with E-state index in [2.05, 4.69) is 22.4 Å². The number of aryl methyl sites for hydroxylation is 1. The molecule has 0 radical (unpaired) electrons. The van der Waals surface area contributed by atoms with Gasteiger partial charge in [0.05, 0.1) is 17.7 Å². The van der Waals surface area contributed by atoms with E-state index in [1.807, 2.05) is 6.92 Å². The van der Waals surface area contributed by atoms with E-state index in [1.165, 1.54) is 36.6 Å². The summed E-state index contributed by atoms with van der Waals surface area (Å²) in [6, 6.07) is 11.0. The van der Waals surface area contributed by atoms with Gasteiger partial charge in [0.15, 0.2) is 4.34 Å². The molecular weight excluding hydrogens is 504 g/mol. The molecule has 2 aromatic carbocycles. The van der Waals surface area contributed by atoms with E-state index < -0.39 is 22.5 Å². The normalized spacial score (nSPS) is 11.3. The number of thioether (sulfide) groups is 1. The molecule has 0 atom stereocenters. The minimum Gasteiger partial charge on any atom is -0.495 e. The second kappa shape index (κ2) is 11.2. The van der Waals surface area contributed by atoms with Gasteiger partial charge in [0.2, 0.25) is 11.0 Å². The fourth-order valence-corrected chi connectivity index (χ4v) is 6.08. The second-order valence-electron chi connectivity index (χ2n) is 6.91. The maximum absolute atomic E-state index is 13.6. The monoisotopic (exact) mass is 526 g/mol. The Morgan fingerprint density at radius 2 is 1.94 bits per heavy atom. The van der Waals surface area contributed by atoms with Gasteiger partial charge in [-0.25, -0.2) is 8.42 Å². The molecule has 1 aromatic heterocycles. The standard InChI is InChI=1S/C21H23ClN4O4S3/c1-4-11-31-21-25-24-20(32-21)23-19(27)13-26(17-12-15(22)7-10-18(17)30-3)33(28,29)16-8-5-14(2)6-9-16/h5-10,12H,4,11,13H2,1-3H3,(H,23,24,27). The molecule has 176 valence electrons. The van der Waals surface area contributed by atoms with Crippen LogP contribution in [-0.2, 0) is 14.8 Å². The molecule has 0 fully saturated rings. The van der Waals surface area contributed by atoms with Crippen molar-refractivity contribution in [2.75, 3.05) is 29.0 Å². The van der Waals surface area contributed by atoms with E-state index >= 15 is 0 Å². The zero-order valence-corrected chi connectivity index (χ0v) is 21.4. The van der Waals surface area contributed by atoms with Gasteiger partial charge in [-0.15, -0.1) is 10.2 Å². The van der Waals surface area contributed by atoms with Crippen molar-refractivity contribution >= 4 is 61.4 Å². The number of hydrogen-bond donors (Lipinski definition) is 1. The molecule has 0 aliphatic rings. The number of nitrogens with zero attached hydrogens (tertiary/aromatic N) is 3. The lowest BCUT2D eigenvalue weighted by Crippen LogP contribution is -2.38. The molecule has 1 heterocycles. The molecule has 8 nitrogen and oxygen atoms in total. The lowest BCUT2D eigenvalue weighted by Gasteiger charge is -2.25. The van der Waals surface area contributed by atoms with Crippen LogP contribution in [0, 0.1) is 6.92 Å². The minimum absolute atomic E-state index is 0.0390. The lowest BCUT2D eigenvalue weighted by molar-refractivity contribution is -0.114. The number of halogens is 1. The Hall–Kier alpha value is -2.34. The fourth-order valence-electron chi connectivity index (χ4n) is 2.79. The van der Waals surface area contributed by atoms with Gasteiger partial charge in [0, 0.05) is 10.8 Å². The molecule has 1 N–H and O–H groups in total. The average Bonchev–Trinajstić information content (AvgIpc) is 3.23. The van der Waals surface area contributed by atoms with Crippen LogP contribution in [0.3, 0.4) is 0 Å². The van der Waals surface area contributed by atoms with Gasteiger partial charge >= 0.3 is 0 Å². The topological polar surface area (TPSA) is 101 Å². The number of methoxy groups -OCH3 is 1. The van der Waals surface area contributed by atoms with E-state index in [9.17, 15) is 13.2 Å². The first-order valence-corrected chi connectivity index (χ1v) is 13.6. The molecule has 0 bridgehead atoms. The molecular formula is C21H23ClN4O4S3. The predicted molar refractivity (Wildman–Crippen MR) is 133 cm³/mol. The Bertz CT molecular complexity index is 1220. The smallest absolute Gasteiger partial charge is 0.264 e. The van der Waals surface area contributed by atoms with E-state index in [0.29, 0.717) is 10.2 Å². The van der Waals surface area contributed by atoms with Crippen LogP contribution in [0.4, 0.5) is 10.8 Å². The average molecular weight is 527 g/mol. The molecule has 33 heavy (non-hydrogen) atoms. The first-order valence-electron chi connectivity index (χ1n) is 9.93. The fraction of sp³-hybridized carbons (Fsp3) is 0.286. The molecule has 12 heteroatoms. The molecule has 0 unspecified atom stereocenters. The SMILES string of the molecule is CCCSc1nnc(NC(=O)CN(c2cc(Cl)ccc2OC)S(=O)(=O)c2ccc(C)cc2)s1. The number of benzene rings is 2. The summed E-state index contributed by atoms with van der Waals surface area (Å²) in [5, 5.41) is 11.2. The predicted octanol–water partition coefficient (Wildman–Crippen LogP) is 4.84. The molecule has 0 spiro atoms. The first-order chi connectivity index (χ1) is 15.7. The maximum Gasteiger partial charge on any atom is 0.264 e. The molecule has 3 aromatic rings. The van der Waals surface area contributed by atoms with Crippen LogP contribution in [0.15, 0.2) is 51.7 Å². The Labute approximate surface area is 206 Å². The van der Waals surface area contributed by atoms with Gasteiger partial charge in [-0.1, -0.05) is 59.3 Å². The summed E-state index contributed by atoms with van der Waals surface area (Å²) in [6.07, 6.45) is 0.985. The number of anilines is 2. The summed E-state index contributed by atoms with van der Waals surface area (Å²) in [6.45, 7) is 3.41. The highest BCUT2D eigenvalue weighted by molar-refractivity contribution is 8.01. The van der Waals surface area contributed by atoms with E-state index in [1.54, 1.807) is 36.0 Å². The zero-order chi connectivity index (χ0) is 24.0. The minimum atomic E-state index is -4.12. The van der Waals surface area contributed by atoms with Crippen molar-refractivity contribution in [1.29, 1.82) is 0 Å². The van der Waals surface area contributed by atoms with Crippen molar-refractivity contribution in [3.8, 4) is 5.75 Å². The lowest BCUT2D eigenvalue weighted by atomic mass is 10.2. The van der Waals surface area contributed by atoms with Crippen molar-refractivity contribution in [1.82, 2.24) is 10.2 Å². The summed E-state index contributed by atoms with van der Waals surface area (Å²) in [7, 11) is -2.70. The summed E-state index contributed by atoms with van der Waals surface area (Å²) in [4.78, 5) is 12.9. The third-order valence-corrected chi connectivity index (χ3v) is 8.58. The number of amides is 1. The Morgan fingerprint density at radius 3 is 2.61 bits per heavy atom. The number of hydrogen-bond acceptors (Lipinski definition) is 8.